The van der Waals surface area contributed by atoms with Crippen LogP contribution in [0.1, 0.15) is 54.9 Å². The maximum Gasteiger partial charge on any atom is 0.0999 e. The van der Waals surface area contributed by atoms with Crippen LogP contribution in [0, 0.1) is 16.7 Å². The Kier molecular flexibility index (Phi) is 3.29. The van der Waals surface area contributed by atoms with E-state index in [1.54, 1.807) is 0 Å². The largest absolute Gasteiger partial charge is 0.512 e. The van der Waals surface area contributed by atoms with E-state index in [0.717, 1.165) is 12.0 Å². The second-order valence-electron chi connectivity index (χ2n) is 7.16. The van der Waals surface area contributed by atoms with Crippen LogP contribution in [0.4, 0.5) is 0 Å². The predicted molar refractivity (Wildman–Crippen MR) is 70.4 cm³/mol. The van der Waals surface area contributed by atoms with E-state index in [4.69, 9.17) is 0 Å². The van der Waals surface area contributed by atoms with E-state index in [1.165, 1.54) is 5.57 Å². The topological polar surface area (TPSA) is 20.2 Å². The average molecular weight is 222 g/mol. The molecule has 1 nitrogen and oxygen atoms in total. The lowest BCUT2D eigenvalue weighted by Gasteiger charge is -2.37. The summed E-state index contributed by atoms with van der Waals surface area (Å²) in [6.45, 7) is 15.2. The third kappa shape index (κ3) is 2.69. The second kappa shape index (κ2) is 3.94. The molecule has 1 atom stereocenters. The Morgan fingerprint density at radius 1 is 1.12 bits per heavy atom. The van der Waals surface area contributed by atoms with Gasteiger partial charge in [-0.05, 0) is 29.7 Å². The van der Waals surface area contributed by atoms with Gasteiger partial charge < -0.3 is 5.11 Å². The lowest BCUT2D eigenvalue weighted by atomic mass is 9.69. The molecule has 0 aromatic rings. The molecule has 1 heteroatoms. The minimum absolute atomic E-state index is 0.0231. The minimum Gasteiger partial charge on any atom is -0.512 e. The van der Waals surface area contributed by atoms with Crippen LogP contribution in [-0.4, -0.2) is 5.11 Å². The smallest absolute Gasteiger partial charge is 0.0999 e. The Morgan fingerprint density at radius 3 is 2.00 bits per heavy atom. The molecule has 0 aliphatic heterocycles. The minimum atomic E-state index is 0.0231. The zero-order valence-electron chi connectivity index (χ0n) is 11.8. The number of aliphatic hydroxyl groups is 1. The molecule has 0 bridgehead atoms. The van der Waals surface area contributed by atoms with Gasteiger partial charge in [-0.2, -0.15) is 0 Å². The molecule has 16 heavy (non-hydrogen) atoms. The predicted octanol–water partition coefficient (Wildman–Crippen LogP) is 4.86. The molecule has 0 saturated heterocycles. The van der Waals surface area contributed by atoms with Gasteiger partial charge in [-0.3, -0.25) is 0 Å². The average Bonchev–Trinajstić information content (AvgIpc) is 2.04. The Hall–Kier alpha value is -0.720. The fourth-order valence-electron chi connectivity index (χ4n) is 2.30. The van der Waals surface area contributed by atoms with Gasteiger partial charge in [0.05, 0.1) is 5.76 Å². The summed E-state index contributed by atoms with van der Waals surface area (Å²) in [5.41, 5.74) is 2.63. The van der Waals surface area contributed by atoms with Crippen molar-refractivity contribution in [2.75, 3.05) is 0 Å². The first-order chi connectivity index (χ1) is 7.03. The van der Waals surface area contributed by atoms with E-state index in [9.17, 15) is 5.11 Å². The molecule has 1 rings (SSSR count). The molecule has 0 spiro atoms. The molecule has 1 aliphatic carbocycles. The molecule has 0 aromatic carbocycles. The van der Waals surface area contributed by atoms with Gasteiger partial charge >= 0.3 is 0 Å². The van der Waals surface area contributed by atoms with Crippen LogP contribution in [-0.2, 0) is 0 Å². The number of allylic oxidation sites excluding steroid dienone is 4. The van der Waals surface area contributed by atoms with Crippen molar-refractivity contribution in [3.63, 3.8) is 0 Å². The van der Waals surface area contributed by atoms with Gasteiger partial charge in [-0.1, -0.05) is 53.2 Å². The summed E-state index contributed by atoms with van der Waals surface area (Å²) >= 11 is 0. The van der Waals surface area contributed by atoms with Gasteiger partial charge in [-0.15, -0.1) is 0 Å². The van der Waals surface area contributed by atoms with E-state index < -0.39 is 0 Å². The second-order valence-corrected chi connectivity index (χ2v) is 7.16. The first kappa shape index (κ1) is 13.3. The van der Waals surface area contributed by atoms with Gasteiger partial charge in [0.25, 0.3) is 0 Å². The molecule has 1 N–H and O–H groups in total. The molecule has 92 valence electrons. The number of rotatable bonds is 0. The summed E-state index contributed by atoms with van der Waals surface area (Å²) in [5, 5.41) is 10.5. The monoisotopic (exact) mass is 222 g/mol. The summed E-state index contributed by atoms with van der Waals surface area (Å²) in [6.07, 6.45) is 3.15. The summed E-state index contributed by atoms with van der Waals surface area (Å²) in [5.74, 6) is 0.859. The van der Waals surface area contributed by atoms with Crippen molar-refractivity contribution in [3.8, 4) is 0 Å². The third-order valence-electron chi connectivity index (χ3n) is 3.38. The molecule has 1 aliphatic rings. The van der Waals surface area contributed by atoms with E-state index in [-0.39, 0.29) is 16.7 Å². The highest BCUT2D eigenvalue weighted by atomic mass is 16.3. The SMILES string of the molecule is CC1=CC(C(C)(C)C)=C(O)[C@@H](C(C)(C)C)C1. The van der Waals surface area contributed by atoms with E-state index >= 15 is 0 Å². The molecular formula is C15H26O. The molecule has 0 saturated carbocycles. The molecule has 0 amide bonds. The van der Waals surface area contributed by atoms with Crippen LogP contribution < -0.4 is 0 Å². The third-order valence-corrected chi connectivity index (χ3v) is 3.38. The molecule has 0 unspecified atom stereocenters. The lowest BCUT2D eigenvalue weighted by Crippen LogP contribution is -2.28. The molecule has 0 aromatic heterocycles. The van der Waals surface area contributed by atoms with Crippen LogP contribution in [0.2, 0.25) is 0 Å². The molecular weight excluding hydrogens is 196 g/mol. The molecule has 0 fully saturated rings. The van der Waals surface area contributed by atoms with Crippen molar-refractivity contribution >= 4 is 0 Å². The van der Waals surface area contributed by atoms with Crippen molar-refractivity contribution < 1.29 is 5.11 Å². The van der Waals surface area contributed by atoms with E-state index in [1.807, 2.05) is 0 Å². The van der Waals surface area contributed by atoms with Crippen molar-refractivity contribution in [2.45, 2.75) is 54.9 Å². The zero-order valence-corrected chi connectivity index (χ0v) is 11.8. The highest BCUT2D eigenvalue weighted by Crippen LogP contribution is 2.44. The summed E-state index contributed by atoms with van der Waals surface area (Å²) in [6, 6.07) is 0. The fourth-order valence-corrected chi connectivity index (χ4v) is 2.30. The Bertz CT molecular complexity index is 331. The summed E-state index contributed by atoms with van der Waals surface area (Å²) in [7, 11) is 0. The Labute approximate surface area is 100 Å². The highest BCUT2D eigenvalue weighted by molar-refractivity contribution is 5.36. The normalized spacial score (nSPS) is 23.4. The van der Waals surface area contributed by atoms with Gasteiger partial charge in [0.1, 0.15) is 0 Å². The summed E-state index contributed by atoms with van der Waals surface area (Å²) in [4.78, 5) is 0. The Balaban J connectivity index is 3.23. The van der Waals surface area contributed by atoms with Crippen LogP contribution in [0.3, 0.4) is 0 Å². The first-order valence-electron chi connectivity index (χ1n) is 6.14. The van der Waals surface area contributed by atoms with E-state index in [2.05, 4.69) is 54.5 Å². The van der Waals surface area contributed by atoms with Crippen LogP contribution in [0.5, 0.6) is 0 Å². The number of hydrogen-bond donors (Lipinski definition) is 1. The Morgan fingerprint density at radius 2 is 1.62 bits per heavy atom. The van der Waals surface area contributed by atoms with Gasteiger partial charge in [0.2, 0.25) is 0 Å². The van der Waals surface area contributed by atoms with E-state index in [0.29, 0.717) is 5.76 Å². The fraction of sp³-hybridized carbons (Fsp3) is 0.733. The first-order valence-corrected chi connectivity index (χ1v) is 6.14. The van der Waals surface area contributed by atoms with Crippen molar-refractivity contribution in [2.24, 2.45) is 16.7 Å². The standard InChI is InChI=1S/C15H26O/c1-10-8-11(14(2,3)4)13(16)12(9-10)15(5,6)7/h8,12,16H,9H2,1-7H3/t12-/m0/s1. The number of hydrogen-bond acceptors (Lipinski definition) is 1. The maximum atomic E-state index is 10.5. The molecule has 0 heterocycles. The molecule has 0 radical (unpaired) electrons. The van der Waals surface area contributed by atoms with Crippen LogP contribution in [0.15, 0.2) is 23.0 Å². The zero-order chi connectivity index (χ0) is 12.7. The van der Waals surface area contributed by atoms with Gasteiger partial charge in [0, 0.05) is 5.92 Å². The maximum absolute atomic E-state index is 10.5. The van der Waals surface area contributed by atoms with Crippen molar-refractivity contribution in [1.29, 1.82) is 0 Å². The highest BCUT2D eigenvalue weighted by Gasteiger charge is 2.35. The van der Waals surface area contributed by atoms with Crippen LogP contribution >= 0.6 is 0 Å². The number of aliphatic hydroxyl groups excluding tert-OH is 1. The van der Waals surface area contributed by atoms with Gasteiger partial charge in [0.15, 0.2) is 0 Å². The quantitative estimate of drug-likeness (QED) is 0.620. The lowest BCUT2D eigenvalue weighted by molar-refractivity contribution is 0.187. The van der Waals surface area contributed by atoms with Crippen LogP contribution in [0.25, 0.3) is 0 Å². The van der Waals surface area contributed by atoms with Gasteiger partial charge in [-0.25, -0.2) is 0 Å². The van der Waals surface area contributed by atoms with Crippen molar-refractivity contribution in [3.05, 3.63) is 23.0 Å². The van der Waals surface area contributed by atoms with Crippen molar-refractivity contribution in [1.82, 2.24) is 0 Å². The summed E-state index contributed by atoms with van der Waals surface area (Å²) < 4.78 is 0.